The third-order valence-electron chi connectivity index (χ3n) is 3.50. The molecule has 0 fully saturated rings. The van der Waals surface area contributed by atoms with Crippen molar-refractivity contribution in [3.63, 3.8) is 0 Å². The Bertz CT molecular complexity index is 951. The number of hydrogen-bond donors (Lipinski definition) is 2. The van der Waals surface area contributed by atoms with E-state index in [4.69, 9.17) is 16.3 Å². The van der Waals surface area contributed by atoms with Crippen LogP contribution in [0, 0.1) is 12.7 Å². The minimum absolute atomic E-state index is 0.0484. The molecule has 0 spiro atoms. The van der Waals surface area contributed by atoms with E-state index in [9.17, 15) is 9.18 Å². The lowest BCUT2D eigenvalue weighted by Crippen LogP contribution is -2.14. The lowest BCUT2D eigenvalue weighted by Gasteiger charge is -2.06. The first-order chi connectivity index (χ1) is 13.0. The molecule has 140 valence electrons. The first-order valence-electron chi connectivity index (χ1n) is 7.98. The number of anilines is 1. The highest BCUT2D eigenvalue weighted by Gasteiger charge is 2.10. The van der Waals surface area contributed by atoms with Crippen molar-refractivity contribution in [2.24, 2.45) is 0 Å². The van der Waals surface area contributed by atoms with Crippen LogP contribution in [0.1, 0.15) is 11.4 Å². The summed E-state index contributed by atoms with van der Waals surface area (Å²) in [6, 6.07) is 11.7. The van der Waals surface area contributed by atoms with Crippen molar-refractivity contribution in [3.8, 4) is 5.75 Å². The third kappa shape index (κ3) is 5.45. The van der Waals surface area contributed by atoms with Crippen molar-refractivity contribution in [1.29, 1.82) is 0 Å². The summed E-state index contributed by atoms with van der Waals surface area (Å²) in [7, 11) is 0. The number of benzene rings is 2. The van der Waals surface area contributed by atoms with E-state index in [1.807, 2.05) is 31.2 Å². The topological polar surface area (TPSA) is 79.9 Å². The van der Waals surface area contributed by atoms with Crippen LogP contribution in [0.3, 0.4) is 0 Å². The number of amides is 1. The predicted octanol–water partition coefficient (Wildman–Crippen LogP) is 4.22. The molecule has 0 aliphatic carbocycles. The molecule has 0 radical (unpaired) electrons. The van der Waals surface area contributed by atoms with E-state index >= 15 is 0 Å². The van der Waals surface area contributed by atoms with Crippen LogP contribution >= 0.6 is 23.4 Å². The van der Waals surface area contributed by atoms with Crippen LogP contribution in [0.25, 0.3) is 0 Å². The average molecular weight is 407 g/mol. The molecule has 6 nitrogen and oxygen atoms in total. The summed E-state index contributed by atoms with van der Waals surface area (Å²) in [5.74, 6) is 0.632. The van der Waals surface area contributed by atoms with E-state index in [0.717, 1.165) is 11.3 Å². The highest BCUT2D eigenvalue weighted by molar-refractivity contribution is 7.99. The Morgan fingerprint density at radius 3 is 2.93 bits per heavy atom. The van der Waals surface area contributed by atoms with Gasteiger partial charge in [-0.3, -0.25) is 9.89 Å². The summed E-state index contributed by atoms with van der Waals surface area (Å²) in [5.41, 5.74) is 1.46. The largest absolute Gasteiger partial charge is 0.485 e. The first kappa shape index (κ1) is 19.2. The van der Waals surface area contributed by atoms with Gasteiger partial charge in [0.25, 0.3) is 0 Å². The number of aromatic amines is 1. The van der Waals surface area contributed by atoms with E-state index in [2.05, 4.69) is 20.5 Å². The number of aryl methyl sites for hydroxylation is 1. The van der Waals surface area contributed by atoms with E-state index in [-0.39, 0.29) is 23.3 Å². The zero-order valence-corrected chi connectivity index (χ0v) is 15.9. The van der Waals surface area contributed by atoms with Gasteiger partial charge in [-0.15, -0.1) is 5.10 Å². The summed E-state index contributed by atoms with van der Waals surface area (Å²) >= 11 is 6.86. The Kier molecular flexibility index (Phi) is 6.31. The van der Waals surface area contributed by atoms with Gasteiger partial charge in [-0.25, -0.2) is 9.37 Å². The molecule has 1 aromatic heterocycles. The van der Waals surface area contributed by atoms with Crippen molar-refractivity contribution < 1.29 is 13.9 Å². The summed E-state index contributed by atoms with van der Waals surface area (Å²) in [6.45, 7) is 2.21. The van der Waals surface area contributed by atoms with Gasteiger partial charge < -0.3 is 10.1 Å². The van der Waals surface area contributed by atoms with E-state index < -0.39 is 5.82 Å². The van der Waals surface area contributed by atoms with E-state index in [1.54, 1.807) is 0 Å². The summed E-state index contributed by atoms with van der Waals surface area (Å²) in [4.78, 5) is 16.3. The minimum Gasteiger partial charge on any atom is -0.485 e. The molecule has 1 amide bonds. The molecule has 2 aromatic carbocycles. The zero-order valence-electron chi connectivity index (χ0n) is 14.3. The normalized spacial score (nSPS) is 10.6. The molecule has 0 saturated heterocycles. The molecule has 0 aliphatic heterocycles. The molecule has 1 heterocycles. The van der Waals surface area contributed by atoms with E-state index in [0.29, 0.717) is 16.7 Å². The summed E-state index contributed by atoms with van der Waals surface area (Å²) < 4.78 is 18.8. The van der Waals surface area contributed by atoms with Crippen molar-refractivity contribution in [1.82, 2.24) is 15.2 Å². The average Bonchev–Trinajstić information content (AvgIpc) is 3.10. The lowest BCUT2D eigenvalue weighted by atomic mass is 10.2. The van der Waals surface area contributed by atoms with Crippen LogP contribution in [0.2, 0.25) is 5.02 Å². The molecule has 0 unspecified atom stereocenters. The maximum atomic E-state index is 13.1. The van der Waals surface area contributed by atoms with Crippen molar-refractivity contribution >= 4 is 35.0 Å². The van der Waals surface area contributed by atoms with Crippen molar-refractivity contribution in [2.75, 3.05) is 11.1 Å². The fourth-order valence-corrected chi connectivity index (χ4v) is 2.97. The molecule has 0 atom stereocenters. The molecule has 0 saturated carbocycles. The standard InChI is InChI=1S/C18H16ClFN4O2S/c1-11-4-2-3-5-15(11)26-9-16-22-18(24-23-16)27-10-17(25)21-12-6-7-14(20)13(19)8-12/h2-8H,9-10H2,1H3,(H,21,25)(H,22,23,24). The molecule has 0 bridgehead atoms. The fourth-order valence-electron chi connectivity index (χ4n) is 2.17. The van der Waals surface area contributed by atoms with Gasteiger partial charge >= 0.3 is 0 Å². The Morgan fingerprint density at radius 2 is 2.15 bits per heavy atom. The Balaban J connectivity index is 1.48. The number of aromatic nitrogens is 3. The number of H-pyrrole nitrogens is 1. The van der Waals surface area contributed by atoms with Crippen molar-refractivity contribution in [2.45, 2.75) is 18.7 Å². The van der Waals surface area contributed by atoms with Crippen LogP contribution in [-0.2, 0) is 11.4 Å². The van der Waals surface area contributed by atoms with Crippen LogP contribution < -0.4 is 10.1 Å². The highest BCUT2D eigenvalue weighted by Crippen LogP contribution is 2.21. The van der Waals surface area contributed by atoms with Gasteiger partial charge in [0.1, 0.15) is 18.2 Å². The number of carbonyl (C=O) groups excluding carboxylic acids is 1. The van der Waals surface area contributed by atoms with Gasteiger partial charge in [0.15, 0.2) is 5.82 Å². The number of carbonyl (C=O) groups is 1. The molecule has 2 N–H and O–H groups in total. The zero-order chi connectivity index (χ0) is 19.2. The van der Waals surface area contributed by atoms with Gasteiger partial charge in [0.2, 0.25) is 11.1 Å². The predicted molar refractivity (Wildman–Crippen MR) is 103 cm³/mol. The first-order valence-corrected chi connectivity index (χ1v) is 9.35. The second-order valence-electron chi connectivity index (χ2n) is 5.58. The number of rotatable bonds is 7. The number of nitrogens with zero attached hydrogens (tertiary/aromatic N) is 2. The Morgan fingerprint density at radius 1 is 1.33 bits per heavy atom. The van der Waals surface area contributed by atoms with Crippen LogP contribution in [0.5, 0.6) is 5.75 Å². The molecule has 3 rings (SSSR count). The number of ether oxygens (including phenoxy) is 1. The van der Waals surface area contributed by atoms with Crippen LogP contribution in [0.15, 0.2) is 47.6 Å². The SMILES string of the molecule is Cc1ccccc1OCc1nc(SCC(=O)Nc2ccc(F)c(Cl)c2)n[nH]1. The maximum absolute atomic E-state index is 13.1. The number of halogens is 2. The van der Waals surface area contributed by atoms with Gasteiger partial charge in [-0.05, 0) is 36.8 Å². The van der Waals surface area contributed by atoms with Crippen LogP contribution in [-0.4, -0.2) is 26.8 Å². The van der Waals surface area contributed by atoms with Gasteiger partial charge in [-0.2, -0.15) is 0 Å². The summed E-state index contributed by atoms with van der Waals surface area (Å²) in [5, 5.41) is 9.86. The van der Waals surface area contributed by atoms with Gasteiger partial charge in [0.05, 0.1) is 10.8 Å². The Hall–Kier alpha value is -2.58. The quantitative estimate of drug-likeness (QED) is 0.574. The second-order valence-corrected chi connectivity index (χ2v) is 6.93. The molecule has 0 aliphatic rings. The molecular formula is C18H16ClFN4O2S. The number of thioether (sulfide) groups is 1. The van der Waals surface area contributed by atoms with E-state index in [1.165, 1.54) is 30.0 Å². The number of hydrogen-bond acceptors (Lipinski definition) is 5. The van der Waals surface area contributed by atoms with Crippen molar-refractivity contribution in [3.05, 3.63) is 64.7 Å². The highest BCUT2D eigenvalue weighted by atomic mass is 35.5. The van der Waals surface area contributed by atoms with Gasteiger partial charge in [-0.1, -0.05) is 41.6 Å². The van der Waals surface area contributed by atoms with Crippen LogP contribution in [0.4, 0.5) is 10.1 Å². The minimum atomic E-state index is -0.537. The third-order valence-corrected chi connectivity index (χ3v) is 4.64. The molecular weight excluding hydrogens is 391 g/mol. The number of para-hydroxylation sites is 1. The fraction of sp³-hybridized carbons (Fsp3) is 0.167. The van der Waals surface area contributed by atoms with Gasteiger partial charge in [0, 0.05) is 5.69 Å². The summed E-state index contributed by atoms with van der Waals surface area (Å²) in [6.07, 6.45) is 0. The molecule has 9 heteroatoms. The smallest absolute Gasteiger partial charge is 0.234 e. The second kappa shape index (κ2) is 8.88. The Labute approximate surface area is 164 Å². The monoisotopic (exact) mass is 406 g/mol. The molecule has 3 aromatic rings. The number of nitrogens with one attached hydrogen (secondary N) is 2. The maximum Gasteiger partial charge on any atom is 0.234 e. The lowest BCUT2D eigenvalue weighted by molar-refractivity contribution is -0.113. The molecule has 27 heavy (non-hydrogen) atoms.